The van der Waals surface area contributed by atoms with Gasteiger partial charge in [0.2, 0.25) is 0 Å². The summed E-state index contributed by atoms with van der Waals surface area (Å²) in [6.07, 6.45) is -0.164. The van der Waals surface area contributed by atoms with E-state index in [0.717, 1.165) is 5.56 Å². The van der Waals surface area contributed by atoms with Gasteiger partial charge in [0.15, 0.2) is 6.10 Å². The molecule has 4 heteroatoms. The maximum absolute atomic E-state index is 11.2. The van der Waals surface area contributed by atoms with Crippen molar-refractivity contribution in [1.29, 1.82) is 0 Å². The van der Waals surface area contributed by atoms with E-state index in [1.807, 2.05) is 0 Å². The molecule has 0 spiro atoms. The number of ether oxygens (including phenoxy) is 2. The second-order valence-corrected chi connectivity index (χ2v) is 3.12. The molecule has 0 heterocycles. The van der Waals surface area contributed by atoms with Crippen molar-refractivity contribution in [3.05, 3.63) is 29.8 Å². The fourth-order valence-electron chi connectivity index (χ4n) is 1.24. The molecule has 15 heavy (non-hydrogen) atoms. The SMILES string of the molecule is COC(=O)[C@H](Cc1ccc(O)cc1)OC. The zero-order valence-electron chi connectivity index (χ0n) is 8.77. The molecule has 4 nitrogen and oxygen atoms in total. The number of hydrogen-bond donors (Lipinski definition) is 1. The van der Waals surface area contributed by atoms with Gasteiger partial charge in [-0.2, -0.15) is 0 Å². The first-order valence-corrected chi connectivity index (χ1v) is 4.56. The molecule has 0 fully saturated rings. The van der Waals surface area contributed by atoms with Gasteiger partial charge < -0.3 is 14.6 Å². The van der Waals surface area contributed by atoms with Gasteiger partial charge in [-0.05, 0) is 17.7 Å². The Morgan fingerprint density at radius 1 is 1.33 bits per heavy atom. The molecule has 1 aromatic carbocycles. The normalized spacial score (nSPS) is 12.1. The van der Waals surface area contributed by atoms with Crippen LogP contribution in [0.15, 0.2) is 24.3 Å². The maximum Gasteiger partial charge on any atom is 0.335 e. The van der Waals surface area contributed by atoms with E-state index in [1.54, 1.807) is 24.3 Å². The van der Waals surface area contributed by atoms with Crippen LogP contribution in [-0.2, 0) is 20.7 Å². The number of rotatable bonds is 4. The molecule has 0 saturated carbocycles. The third kappa shape index (κ3) is 3.25. The average molecular weight is 210 g/mol. The third-order valence-corrected chi connectivity index (χ3v) is 2.11. The van der Waals surface area contributed by atoms with Gasteiger partial charge in [-0.15, -0.1) is 0 Å². The van der Waals surface area contributed by atoms with Crippen molar-refractivity contribution in [2.24, 2.45) is 0 Å². The van der Waals surface area contributed by atoms with Crippen molar-refractivity contribution < 1.29 is 19.4 Å². The molecule has 1 rings (SSSR count). The fourth-order valence-corrected chi connectivity index (χ4v) is 1.24. The van der Waals surface area contributed by atoms with E-state index in [0.29, 0.717) is 6.42 Å². The monoisotopic (exact) mass is 210 g/mol. The van der Waals surface area contributed by atoms with Crippen molar-refractivity contribution >= 4 is 5.97 Å². The number of carbonyl (C=O) groups is 1. The molecule has 0 aliphatic carbocycles. The van der Waals surface area contributed by atoms with Crippen molar-refractivity contribution in [3.8, 4) is 5.75 Å². The second-order valence-electron chi connectivity index (χ2n) is 3.12. The van der Waals surface area contributed by atoms with E-state index in [9.17, 15) is 4.79 Å². The largest absolute Gasteiger partial charge is 0.508 e. The molecule has 0 saturated heterocycles. The highest BCUT2D eigenvalue weighted by molar-refractivity contribution is 5.74. The molecule has 0 unspecified atom stereocenters. The van der Waals surface area contributed by atoms with Crippen LogP contribution in [0.1, 0.15) is 5.56 Å². The minimum atomic E-state index is -0.598. The standard InChI is InChI=1S/C11H14O4/c1-14-10(11(13)15-2)7-8-3-5-9(12)6-4-8/h3-6,10,12H,7H2,1-2H3/t10-/m0/s1. The van der Waals surface area contributed by atoms with Crippen LogP contribution >= 0.6 is 0 Å². The summed E-state index contributed by atoms with van der Waals surface area (Å²) in [4.78, 5) is 11.2. The van der Waals surface area contributed by atoms with E-state index < -0.39 is 12.1 Å². The van der Waals surface area contributed by atoms with Crippen LogP contribution in [0.3, 0.4) is 0 Å². The van der Waals surface area contributed by atoms with Gasteiger partial charge in [0.05, 0.1) is 7.11 Å². The zero-order valence-corrected chi connectivity index (χ0v) is 8.77. The van der Waals surface area contributed by atoms with E-state index in [4.69, 9.17) is 9.84 Å². The topological polar surface area (TPSA) is 55.8 Å². The number of phenols is 1. The first-order valence-electron chi connectivity index (χ1n) is 4.56. The van der Waals surface area contributed by atoms with E-state index in [1.165, 1.54) is 14.2 Å². The van der Waals surface area contributed by atoms with Crippen molar-refractivity contribution in [1.82, 2.24) is 0 Å². The van der Waals surface area contributed by atoms with Crippen molar-refractivity contribution in [2.75, 3.05) is 14.2 Å². The number of esters is 1. The smallest absolute Gasteiger partial charge is 0.335 e. The summed E-state index contributed by atoms with van der Waals surface area (Å²) in [6.45, 7) is 0. The Kier molecular flexibility index (Phi) is 4.12. The summed E-state index contributed by atoms with van der Waals surface area (Å²) in [5.41, 5.74) is 0.907. The quantitative estimate of drug-likeness (QED) is 0.757. The Morgan fingerprint density at radius 3 is 2.40 bits per heavy atom. The Bertz CT molecular complexity index is 318. The molecule has 0 aliphatic rings. The van der Waals surface area contributed by atoms with Crippen LogP contribution in [0.2, 0.25) is 0 Å². The summed E-state index contributed by atoms with van der Waals surface area (Å²) in [7, 11) is 2.78. The van der Waals surface area contributed by atoms with Crippen molar-refractivity contribution in [3.63, 3.8) is 0 Å². The van der Waals surface area contributed by atoms with Crippen LogP contribution < -0.4 is 0 Å². The predicted octanol–water partition coefficient (Wildman–Crippen LogP) is 1.12. The minimum Gasteiger partial charge on any atom is -0.508 e. The number of aromatic hydroxyl groups is 1. The zero-order chi connectivity index (χ0) is 11.3. The van der Waals surface area contributed by atoms with Crippen LogP contribution in [0, 0.1) is 0 Å². The van der Waals surface area contributed by atoms with Gasteiger partial charge in [0.1, 0.15) is 5.75 Å². The summed E-state index contributed by atoms with van der Waals surface area (Å²) in [5, 5.41) is 9.08. The summed E-state index contributed by atoms with van der Waals surface area (Å²) in [5.74, 6) is -0.198. The number of methoxy groups -OCH3 is 2. The predicted molar refractivity (Wildman–Crippen MR) is 54.6 cm³/mol. The second kappa shape index (κ2) is 5.36. The summed E-state index contributed by atoms with van der Waals surface area (Å²) < 4.78 is 9.59. The fraction of sp³-hybridized carbons (Fsp3) is 0.364. The molecule has 1 aromatic rings. The molecule has 0 aromatic heterocycles. The minimum absolute atomic E-state index is 0.200. The first-order chi connectivity index (χ1) is 7.17. The van der Waals surface area contributed by atoms with E-state index in [-0.39, 0.29) is 5.75 Å². The van der Waals surface area contributed by atoms with E-state index >= 15 is 0 Å². The van der Waals surface area contributed by atoms with Gasteiger partial charge in [-0.25, -0.2) is 4.79 Å². The lowest BCUT2D eigenvalue weighted by Crippen LogP contribution is -2.26. The summed E-state index contributed by atoms with van der Waals surface area (Å²) in [6, 6.07) is 6.62. The van der Waals surface area contributed by atoms with Crippen LogP contribution in [-0.4, -0.2) is 31.4 Å². The Balaban J connectivity index is 2.66. The van der Waals surface area contributed by atoms with Gasteiger partial charge in [-0.3, -0.25) is 0 Å². The number of carbonyl (C=O) groups excluding carboxylic acids is 1. The molecule has 0 bridgehead atoms. The lowest BCUT2D eigenvalue weighted by molar-refractivity contribution is -0.152. The Hall–Kier alpha value is -1.55. The Morgan fingerprint density at radius 2 is 1.93 bits per heavy atom. The number of hydrogen-bond acceptors (Lipinski definition) is 4. The van der Waals surface area contributed by atoms with Gasteiger partial charge in [0, 0.05) is 13.5 Å². The molecule has 1 N–H and O–H groups in total. The molecule has 82 valence electrons. The molecule has 0 aliphatic heterocycles. The molecule has 1 atom stereocenters. The van der Waals surface area contributed by atoms with Crippen molar-refractivity contribution in [2.45, 2.75) is 12.5 Å². The molecule has 0 amide bonds. The lowest BCUT2D eigenvalue weighted by Gasteiger charge is -2.12. The highest BCUT2D eigenvalue weighted by atomic mass is 16.6. The lowest BCUT2D eigenvalue weighted by atomic mass is 10.1. The third-order valence-electron chi connectivity index (χ3n) is 2.11. The summed E-state index contributed by atoms with van der Waals surface area (Å²) >= 11 is 0. The Labute approximate surface area is 88.4 Å². The highest BCUT2D eigenvalue weighted by Gasteiger charge is 2.18. The first kappa shape index (κ1) is 11.5. The average Bonchev–Trinajstić information content (AvgIpc) is 2.27. The van der Waals surface area contributed by atoms with Gasteiger partial charge >= 0.3 is 5.97 Å². The number of benzene rings is 1. The van der Waals surface area contributed by atoms with Crippen LogP contribution in [0.5, 0.6) is 5.75 Å². The van der Waals surface area contributed by atoms with Gasteiger partial charge in [-0.1, -0.05) is 12.1 Å². The van der Waals surface area contributed by atoms with Crippen LogP contribution in [0.4, 0.5) is 0 Å². The molecular formula is C11H14O4. The highest BCUT2D eigenvalue weighted by Crippen LogP contribution is 2.12. The maximum atomic E-state index is 11.2. The van der Waals surface area contributed by atoms with E-state index in [2.05, 4.69) is 4.74 Å². The molecule has 0 radical (unpaired) electrons. The number of phenolic OH excluding ortho intramolecular Hbond substituents is 1. The molecular weight excluding hydrogens is 196 g/mol. The van der Waals surface area contributed by atoms with Gasteiger partial charge in [0.25, 0.3) is 0 Å². The van der Waals surface area contributed by atoms with Crippen LogP contribution in [0.25, 0.3) is 0 Å².